The number of carbonyl (C=O) groups is 1. The van der Waals surface area contributed by atoms with Gasteiger partial charge in [0.15, 0.2) is 5.82 Å². The van der Waals surface area contributed by atoms with E-state index in [1.807, 2.05) is 0 Å². The van der Waals surface area contributed by atoms with E-state index in [4.69, 9.17) is 0 Å². The third kappa shape index (κ3) is 2.73. The molecule has 1 aliphatic heterocycles. The molecule has 1 aliphatic rings. The molecular weight excluding hydrogens is 315 g/mol. The number of nitrogens with zero attached hydrogens (tertiary/aromatic N) is 6. The number of carbonyl (C=O) groups excluding carboxylic acids is 1. The van der Waals surface area contributed by atoms with E-state index < -0.39 is 5.82 Å². The van der Waals surface area contributed by atoms with Crippen molar-refractivity contribution < 1.29 is 9.18 Å². The van der Waals surface area contributed by atoms with Crippen molar-refractivity contribution in [1.82, 2.24) is 35.3 Å². The Morgan fingerprint density at radius 3 is 2.96 bits per heavy atom. The molecule has 4 heterocycles. The summed E-state index contributed by atoms with van der Waals surface area (Å²) in [5.74, 6) is -0.305. The number of hydrogen-bond acceptors (Lipinski definition) is 7. The molecule has 0 spiro atoms. The van der Waals surface area contributed by atoms with Crippen LogP contribution in [0.3, 0.4) is 0 Å². The van der Waals surface area contributed by atoms with Crippen molar-refractivity contribution in [3.05, 3.63) is 36.0 Å². The van der Waals surface area contributed by atoms with Crippen LogP contribution in [0.25, 0.3) is 11.2 Å². The van der Waals surface area contributed by atoms with E-state index in [-0.39, 0.29) is 11.9 Å². The molecule has 1 amide bonds. The van der Waals surface area contributed by atoms with Crippen molar-refractivity contribution in [3.63, 3.8) is 0 Å². The van der Waals surface area contributed by atoms with Crippen molar-refractivity contribution in [1.29, 1.82) is 0 Å². The molecule has 4 rings (SSSR count). The summed E-state index contributed by atoms with van der Waals surface area (Å²) in [7, 11) is 0. The van der Waals surface area contributed by atoms with Crippen LogP contribution in [0.15, 0.2) is 24.5 Å². The first-order valence-electron chi connectivity index (χ1n) is 7.40. The molecule has 1 fully saturated rings. The minimum absolute atomic E-state index is 0.00944. The monoisotopic (exact) mass is 328 g/mol. The summed E-state index contributed by atoms with van der Waals surface area (Å²) in [6.07, 6.45) is 2.95. The van der Waals surface area contributed by atoms with Gasteiger partial charge >= 0.3 is 0 Å². The van der Waals surface area contributed by atoms with E-state index in [0.717, 1.165) is 18.8 Å². The standard InChI is InChI=1S/C14H13FN8O/c15-8-5-16-14(17-6-8)18-9-3-4-23(7-9)13(24)11-2-1-10-12(19-11)21-22-20-10/h1-2,5-6,9H,3-4,7H2,(H,16,17,18)(H,19,20,21,22). The van der Waals surface area contributed by atoms with Gasteiger partial charge in [-0.2, -0.15) is 10.3 Å². The molecule has 2 N–H and O–H groups in total. The zero-order valence-electron chi connectivity index (χ0n) is 12.5. The van der Waals surface area contributed by atoms with Gasteiger partial charge in [0.05, 0.1) is 12.4 Å². The molecule has 24 heavy (non-hydrogen) atoms. The highest BCUT2D eigenvalue weighted by atomic mass is 19.1. The zero-order chi connectivity index (χ0) is 16.5. The largest absolute Gasteiger partial charge is 0.350 e. The molecule has 0 saturated carbocycles. The molecule has 0 radical (unpaired) electrons. The first-order valence-corrected chi connectivity index (χ1v) is 7.40. The molecule has 1 saturated heterocycles. The summed E-state index contributed by atoms with van der Waals surface area (Å²) < 4.78 is 12.8. The van der Waals surface area contributed by atoms with E-state index >= 15 is 0 Å². The summed E-state index contributed by atoms with van der Waals surface area (Å²) >= 11 is 0. The number of fused-ring (bicyclic) bond motifs is 1. The fraction of sp³-hybridized carbons (Fsp3) is 0.286. The highest BCUT2D eigenvalue weighted by molar-refractivity contribution is 5.94. The number of nitrogens with one attached hydrogen (secondary N) is 2. The van der Waals surface area contributed by atoms with E-state index in [2.05, 4.69) is 35.7 Å². The van der Waals surface area contributed by atoms with Crippen LogP contribution in [0.5, 0.6) is 0 Å². The number of H-pyrrole nitrogens is 1. The van der Waals surface area contributed by atoms with Gasteiger partial charge in [0.1, 0.15) is 11.2 Å². The number of rotatable bonds is 3. The molecule has 3 aromatic heterocycles. The SMILES string of the molecule is O=C(c1ccc2n[nH]nc2n1)N1CCC(Nc2ncc(F)cn2)C1. The third-order valence-electron chi connectivity index (χ3n) is 3.83. The highest BCUT2D eigenvalue weighted by Crippen LogP contribution is 2.16. The summed E-state index contributed by atoms with van der Waals surface area (Å²) in [6, 6.07) is 3.35. The molecule has 1 atom stereocenters. The van der Waals surface area contributed by atoms with Gasteiger partial charge in [-0.05, 0) is 18.6 Å². The van der Waals surface area contributed by atoms with Crippen LogP contribution in [0.4, 0.5) is 10.3 Å². The minimum Gasteiger partial charge on any atom is -0.350 e. The van der Waals surface area contributed by atoms with Crippen molar-refractivity contribution in [2.75, 3.05) is 18.4 Å². The van der Waals surface area contributed by atoms with Crippen LogP contribution in [0.2, 0.25) is 0 Å². The molecule has 0 bridgehead atoms. The number of anilines is 1. The number of likely N-dealkylation sites (tertiary alicyclic amines) is 1. The lowest BCUT2D eigenvalue weighted by Gasteiger charge is -2.16. The second-order valence-electron chi connectivity index (χ2n) is 5.47. The van der Waals surface area contributed by atoms with Gasteiger partial charge in [-0.15, -0.1) is 5.10 Å². The Morgan fingerprint density at radius 1 is 1.29 bits per heavy atom. The number of pyridine rings is 1. The van der Waals surface area contributed by atoms with Gasteiger partial charge in [0.25, 0.3) is 5.91 Å². The van der Waals surface area contributed by atoms with Crippen LogP contribution in [-0.4, -0.2) is 60.3 Å². The normalized spacial score (nSPS) is 17.4. The van der Waals surface area contributed by atoms with Gasteiger partial charge in [-0.3, -0.25) is 4.79 Å². The van der Waals surface area contributed by atoms with Crippen molar-refractivity contribution in [2.24, 2.45) is 0 Å². The zero-order valence-corrected chi connectivity index (χ0v) is 12.5. The van der Waals surface area contributed by atoms with E-state index in [0.29, 0.717) is 35.9 Å². The van der Waals surface area contributed by atoms with Crippen LogP contribution < -0.4 is 5.32 Å². The number of aromatic amines is 1. The number of halogens is 1. The van der Waals surface area contributed by atoms with E-state index in [1.54, 1.807) is 17.0 Å². The summed E-state index contributed by atoms with van der Waals surface area (Å²) in [6.45, 7) is 1.09. The number of aromatic nitrogens is 6. The predicted molar refractivity (Wildman–Crippen MR) is 81.6 cm³/mol. The first-order chi connectivity index (χ1) is 11.7. The van der Waals surface area contributed by atoms with Crippen LogP contribution in [0.1, 0.15) is 16.9 Å². The Balaban J connectivity index is 1.43. The van der Waals surface area contributed by atoms with Gasteiger partial charge in [0.2, 0.25) is 11.6 Å². The molecule has 122 valence electrons. The average molecular weight is 328 g/mol. The fourth-order valence-corrected chi connectivity index (χ4v) is 2.65. The molecule has 0 aromatic carbocycles. The molecule has 0 aliphatic carbocycles. The van der Waals surface area contributed by atoms with Crippen molar-refractivity contribution in [2.45, 2.75) is 12.5 Å². The summed E-state index contributed by atoms with van der Waals surface area (Å²) in [5.41, 5.74) is 1.35. The Morgan fingerprint density at radius 2 is 2.12 bits per heavy atom. The minimum atomic E-state index is -0.488. The Bertz CT molecular complexity index is 880. The maximum absolute atomic E-state index is 12.8. The van der Waals surface area contributed by atoms with E-state index in [9.17, 15) is 9.18 Å². The van der Waals surface area contributed by atoms with Gasteiger partial charge in [-0.25, -0.2) is 19.3 Å². The molecule has 3 aromatic rings. The lowest BCUT2D eigenvalue weighted by Crippen LogP contribution is -2.32. The Labute approximate surface area is 135 Å². The Kier molecular flexibility index (Phi) is 3.48. The lowest BCUT2D eigenvalue weighted by molar-refractivity contribution is 0.0786. The number of amides is 1. The van der Waals surface area contributed by atoms with Crippen LogP contribution in [-0.2, 0) is 0 Å². The second kappa shape index (κ2) is 5.80. The maximum atomic E-state index is 12.8. The van der Waals surface area contributed by atoms with Gasteiger partial charge in [0, 0.05) is 19.1 Å². The number of hydrogen-bond donors (Lipinski definition) is 2. The third-order valence-corrected chi connectivity index (χ3v) is 3.83. The Hall–Kier alpha value is -3.17. The van der Waals surface area contributed by atoms with E-state index in [1.165, 1.54) is 0 Å². The first kappa shape index (κ1) is 14.4. The van der Waals surface area contributed by atoms with Gasteiger partial charge < -0.3 is 10.2 Å². The van der Waals surface area contributed by atoms with Crippen molar-refractivity contribution >= 4 is 23.0 Å². The van der Waals surface area contributed by atoms with Crippen LogP contribution in [0, 0.1) is 5.82 Å². The molecule has 1 unspecified atom stereocenters. The molecule has 10 heteroatoms. The van der Waals surface area contributed by atoms with Crippen LogP contribution >= 0.6 is 0 Å². The topological polar surface area (TPSA) is 113 Å². The molecule has 9 nitrogen and oxygen atoms in total. The maximum Gasteiger partial charge on any atom is 0.272 e. The smallest absolute Gasteiger partial charge is 0.272 e. The summed E-state index contributed by atoms with van der Waals surface area (Å²) in [5, 5.41) is 13.4. The fourth-order valence-electron chi connectivity index (χ4n) is 2.65. The average Bonchev–Trinajstić information content (AvgIpc) is 3.24. The second-order valence-corrected chi connectivity index (χ2v) is 5.47. The lowest BCUT2D eigenvalue weighted by atomic mass is 10.3. The predicted octanol–water partition coefficient (Wildman–Crippen LogP) is 0.609. The highest BCUT2D eigenvalue weighted by Gasteiger charge is 2.28. The molecular formula is C14H13FN8O. The van der Waals surface area contributed by atoms with Gasteiger partial charge in [-0.1, -0.05) is 0 Å². The quantitative estimate of drug-likeness (QED) is 0.724. The summed E-state index contributed by atoms with van der Waals surface area (Å²) in [4.78, 5) is 26.2. The van der Waals surface area contributed by atoms with Crippen molar-refractivity contribution in [3.8, 4) is 0 Å².